The minimum Gasteiger partial charge on any atom is -0.493 e. The topological polar surface area (TPSA) is 61.8 Å². The average molecular weight is 514 g/mol. The van der Waals surface area contributed by atoms with Crippen LogP contribution in [0.15, 0.2) is 46.7 Å². The summed E-state index contributed by atoms with van der Waals surface area (Å²) in [6.07, 6.45) is -3.55. The van der Waals surface area contributed by atoms with Crippen LogP contribution in [-0.4, -0.2) is 61.4 Å². The Bertz CT molecular complexity index is 1070. The van der Waals surface area contributed by atoms with E-state index in [2.05, 4.69) is 20.6 Å². The number of rotatable bonds is 9. The van der Waals surface area contributed by atoms with Crippen LogP contribution in [0.5, 0.6) is 5.75 Å². The van der Waals surface area contributed by atoms with Gasteiger partial charge in [0.15, 0.2) is 5.84 Å². The Balaban J connectivity index is 1.96. The normalized spacial score (nSPS) is 17.3. The summed E-state index contributed by atoms with van der Waals surface area (Å²) in [4.78, 5) is 10.6. The molecule has 35 heavy (non-hydrogen) atoms. The number of aromatic nitrogens is 1. The standard InChI is InChI=1S/C24H28ClF4N5O/c1-14-12-16(35-11-7-10-34(3)4)13-17(26)19(14)20-21(25)32-22(18-8-5-6-9-30-18)33-23(20)31-15(2)24(27,28)29/h5-6,8-9,12-13,15,23,31H,7,10-11H2,1-4H3,(H,32,33). The van der Waals surface area contributed by atoms with Gasteiger partial charge in [0.1, 0.15) is 34.6 Å². The molecular weight excluding hydrogens is 486 g/mol. The zero-order valence-electron chi connectivity index (χ0n) is 19.9. The molecular formula is C24H28ClF4N5O. The molecule has 2 atom stereocenters. The van der Waals surface area contributed by atoms with E-state index in [0.717, 1.165) is 19.9 Å². The van der Waals surface area contributed by atoms with Gasteiger partial charge in [-0.3, -0.25) is 10.3 Å². The Morgan fingerprint density at radius 1 is 1.26 bits per heavy atom. The van der Waals surface area contributed by atoms with Gasteiger partial charge in [-0.05, 0) is 58.1 Å². The molecule has 2 unspecified atom stereocenters. The van der Waals surface area contributed by atoms with Gasteiger partial charge in [0, 0.05) is 29.9 Å². The number of aliphatic imine (C=N–C) groups is 1. The van der Waals surface area contributed by atoms with Crippen LogP contribution in [0.3, 0.4) is 0 Å². The number of ether oxygens (including phenoxy) is 1. The molecule has 0 spiro atoms. The van der Waals surface area contributed by atoms with Crippen molar-refractivity contribution in [2.24, 2.45) is 4.99 Å². The minimum absolute atomic E-state index is 0.0471. The molecule has 0 aliphatic carbocycles. The smallest absolute Gasteiger partial charge is 0.403 e. The lowest BCUT2D eigenvalue weighted by molar-refractivity contribution is -0.152. The molecule has 2 N–H and O–H groups in total. The third-order valence-electron chi connectivity index (χ3n) is 5.35. The molecule has 2 heterocycles. The number of halogens is 5. The molecule has 0 saturated heterocycles. The monoisotopic (exact) mass is 513 g/mol. The van der Waals surface area contributed by atoms with E-state index in [1.54, 1.807) is 31.2 Å². The van der Waals surface area contributed by atoms with Crippen LogP contribution < -0.4 is 15.4 Å². The van der Waals surface area contributed by atoms with E-state index in [1.807, 2.05) is 19.0 Å². The zero-order valence-corrected chi connectivity index (χ0v) is 20.6. The Morgan fingerprint density at radius 3 is 2.60 bits per heavy atom. The third kappa shape index (κ3) is 6.93. The van der Waals surface area contributed by atoms with E-state index in [4.69, 9.17) is 16.3 Å². The van der Waals surface area contributed by atoms with Gasteiger partial charge in [0.2, 0.25) is 0 Å². The number of alkyl halides is 3. The highest BCUT2D eigenvalue weighted by Gasteiger charge is 2.39. The fourth-order valence-electron chi connectivity index (χ4n) is 3.56. The van der Waals surface area contributed by atoms with E-state index in [9.17, 15) is 13.2 Å². The van der Waals surface area contributed by atoms with Crippen LogP contribution >= 0.6 is 11.6 Å². The van der Waals surface area contributed by atoms with Crippen molar-refractivity contribution in [2.75, 3.05) is 27.2 Å². The number of hydrogen-bond donors (Lipinski definition) is 2. The number of pyridine rings is 1. The summed E-state index contributed by atoms with van der Waals surface area (Å²) >= 11 is 6.51. The van der Waals surface area contributed by atoms with Gasteiger partial charge in [0.05, 0.1) is 6.61 Å². The lowest BCUT2D eigenvalue weighted by Crippen LogP contribution is -2.48. The number of hydrogen-bond acceptors (Lipinski definition) is 6. The first-order chi connectivity index (χ1) is 16.5. The molecule has 0 bridgehead atoms. The second kappa shape index (κ2) is 11.4. The highest BCUT2D eigenvalue weighted by atomic mass is 35.5. The number of benzene rings is 1. The predicted octanol–water partition coefficient (Wildman–Crippen LogP) is 4.68. The molecule has 190 valence electrons. The zero-order chi connectivity index (χ0) is 25.8. The molecule has 2 aromatic rings. The van der Waals surface area contributed by atoms with E-state index >= 15 is 4.39 Å². The van der Waals surface area contributed by atoms with Crippen LogP contribution in [0.4, 0.5) is 17.6 Å². The van der Waals surface area contributed by atoms with Crippen LogP contribution in [0.25, 0.3) is 5.57 Å². The predicted molar refractivity (Wildman–Crippen MR) is 129 cm³/mol. The van der Waals surface area contributed by atoms with Gasteiger partial charge in [-0.15, -0.1) is 0 Å². The lowest BCUT2D eigenvalue weighted by atomic mass is 9.96. The second-order valence-electron chi connectivity index (χ2n) is 8.48. The van der Waals surface area contributed by atoms with E-state index < -0.39 is 24.2 Å². The summed E-state index contributed by atoms with van der Waals surface area (Å²) in [6.45, 7) is 3.82. The molecule has 1 aromatic heterocycles. The molecule has 1 aliphatic rings. The van der Waals surface area contributed by atoms with Crippen molar-refractivity contribution in [1.29, 1.82) is 0 Å². The first-order valence-corrected chi connectivity index (χ1v) is 11.4. The van der Waals surface area contributed by atoms with Crippen LogP contribution in [0.2, 0.25) is 0 Å². The quantitative estimate of drug-likeness (QED) is 0.289. The SMILES string of the molecule is Cc1cc(OCCCN(C)C)cc(F)c1C1=C(Cl)NC(c2ccccn2)=NC1NC(C)C(F)(F)F. The van der Waals surface area contributed by atoms with Crippen molar-refractivity contribution >= 4 is 23.0 Å². The van der Waals surface area contributed by atoms with E-state index in [0.29, 0.717) is 23.6 Å². The maximum Gasteiger partial charge on any atom is 0.403 e. The largest absolute Gasteiger partial charge is 0.493 e. The summed E-state index contributed by atoms with van der Waals surface area (Å²) in [5, 5.41) is 5.24. The Morgan fingerprint density at radius 2 is 2.00 bits per heavy atom. The van der Waals surface area contributed by atoms with Gasteiger partial charge < -0.3 is 15.0 Å². The Labute approximate surface area is 207 Å². The van der Waals surface area contributed by atoms with Crippen molar-refractivity contribution in [2.45, 2.75) is 38.7 Å². The molecule has 0 saturated carbocycles. The summed E-state index contributed by atoms with van der Waals surface area (Å²) in [6, 6.07) is 5.95. The highest BCUT2D eigenvalue weighted by molar-refractivity contribution is 6.34. The third-order valence-corrected chi connectivity index (χ3v) is 5.65. The molecule has 6 nitrogen and oxygen atoms in total. The number of nitrogens with zero attached hydrogens (tertiary/aromatic N) is 3. The van der Waals surface area contributed by atoms with E-state index in [1.165, 1.54) is 12.3 Å². The molecule has 3 rings (SSSR count). The van der Waals surface area contributed by atoms with Crippen LogP contribution in [0.1, 0.15) is 30.2 Å². The maximum atomic E-state index is 15.4. The summed E-state index contributed by atoms with van der Waals surface area (Å²) in [7, 11) is 3.89. The molecule has 0 amide bonds. The van der Waals surface area contributed by atoms with E-state index in [-0.39, 0.29) is 22.1 Å². The molecule has 0 radical (unpaired) electrons. The van der Waals surface area contributed by atoms with Gasteiger partial charge in [-0.25, -0.2) is 9.38 Å². The van der Waals surface area contributed by atoms with Crippen molar-refractivity contribution in [3.63, 3.8) is 0 Å². The van der Waals surface area contributed by atoms with Gasteiger partial charge in [-0.2, -0.15) is 13.2 Å². The Hall–Kier alpha value is -2.69. The fourth-order valence-corrected chi connectivity index (χ4v) is 3.84. The fraction of sp³-hybridized carbons (Fsp3) is 0.417. The molecule has 1 aliphatic heterocycles. The maximum absolute atomic E-state index is 15.4. The first kappa shape index (κ1) is 26.9. The van der Waals surface area contributed by atoms with Crippen molar-refractivity contribution in [3.8, 4) is 5.75 Å². The van der Waals surface area contributed by atoms with Gasteiger partial charge >= 0.3 is 6.18 Å². The number of nitrogens with one attached hydrogen (secondary N) is 2. The minimum atomic E-state index is -4.54. The summed E-state index contributed by atoms with van der Waals surface area (Å²) in [5.41, 5.74) is 0.954. The van der Waals surface area contributed by atoms with Crippen molar-refractivity contribution in [3.05, 3.63) is 64.3 Å². The number of aryl methyl sites for hydroxylation is 1. The molecule has 1 aromatic carbocycles. The van der Waals surface area contributed by atoms with Crippen LogP contribution in [-0.2, 0) is 0 Å². The van der Waals surface area contributed by atoms with Gasteiger partial charge in [0.25, 0.3) is 0 Å². The highest BCUT2D eigenvalue weighted by Crippen LogP contribution is 2.35. The first-order valence-electron chi connectivity index (χ1n) is 11.0. The number of amidine groups is 1. The summed E-state index contributed by atoms with van der Waals surface area (Å²) < 4.78 is 61.2. The van der Waals surface area contributed by atoms with Crippen molar-refractivity contribution < 1.29 is 22.3 Å². The lowest BCUT2D eigenvalue weighted by Gasteiger charge is -2.30. The van der Waals surface area contributed by atoms with Crippen molar-refractivity contribution in [1.82, 2.24) is 20.5 Å². The molecule has 0 fully saturated rings. The second-order valence-corrected chi connectivity index (χ2v) is 8.86. The summed E-state index contributed by atoms with van der Waals surface area (Å²) in [5.74, 6) is -0.176. The average Bonchev–Trinajstić information content (AvgIpc) is 2.77. The molecule has 11 heteroatoms. The van der Waals surface area contributed by atoms with Gasteiger partial charge in [-0.1, -0.05) is 17.7 Å². The Kier molecular flexibility index (Phi) is 8.74. The van der Waals surface area contributed by atoms with Crippen LogP contribution in [0, 0.1) is 12.7 Å².